The molecular weight excluding hydrogens is 278 g/mol. The van der Waals surface area contributed by atoms with Crippen molar-refractivity contribution in [1.29, 1.82) is 0 Å². The van der Waals surface area contributed by atoms with E-state index in [-0.39, 0.29) is 0 Å². The van der Waals surface area contributed by atoms with E-state index in [9.17, 15) is 9.59 Å². The number of carboxylic acids is 1. The lowest BCUT2D eigenvalue weighted by molar-refractivity contribution is -0.148. The van der Waals surface area contributed by atoms with Gasteiger partial charge >= 0.3 is 11.9 Å². The molecule has 0 aromatic heterocycles. The quantitative estimate of drug-likeness (QED) is 0.865. The van der Waals surface area contributed by atoms with E-state index in [1.165, 1.54) is 7.05 Å². The minimum absolute atomic E-state index is 0.494. The van der Waals surface area contributed by atoms with Gasteiger partial charge in [0.25, 0.3) is 0 Å². The summed E-state index contributed by atoms with van der Waals surface area (Å²) >= 11 is 5.99. The molecule has 2 aromatic carbocycles. The molecule has 4 nitrogen and oxygen atoms in total. The minimum Gasteiger partial charge on any atom is -0.474 e. The van der Waals surface area contributed by atoms with E-state index in [0.717, 1.165) is 10.5 Å². The van der Waals surface area contributed by atoms with Crippen LogP contribution in [-0.2, 0) is 9.59 Å². The first-order valence-electron chi connectivity index (χ1n) is 5.86. The van der Waals surface area contributed by atoms with Gasteiger partial charge in [-0.15, -0.1) is 0 Å². The Hall–Kier alpha value is -2.33. The van der Waals surface area contributed by atoms with E-state index in [0.29, 0.717) is 16.3 Å². The number of hydrogen-bond acceptors (Lipinski definition) is 2. The predicted molar refractivity (Wildman–Crippen MR) is 77.9 cm³/mol. The fraction of sp³-hybridized carbons (Fsp3) is 0.0667. The lowest BCUT2D eigenvalue weighted by Gasteiger charge is -2.19. The van der Waals surface area contributed by atoms with Crippen molar-refractivity contribution in [3.8, 4) is 11.1 Å². The average molecular weight is 290 g/mol. The van der Waals surface area contributed by atoms with Crippen LogP contribution in [0.25, 0.3) is 11.1 Å². The van der Waals surface area contributed by atoms with Gasteiger partial charge in [-0.2, -0.15) is 0 Å². The number of carbonyl (C=O) groups is 2. The third-order valence-electron chi connectivity index (χ3n) is 2.89. The molecule has 0 heterocycles. The molecule has 2 aromatic rings. The summed E-state index contributed by atoms with van der Waals surface area (Å²) < 4.78 is 0. The van der Waals surface area contributed by atoms with Gasteiger partial charge in [0.2, 0.25) is 0 Å². The number of amides is 1. The topological polar surface area (TPSA) is 57.6 Å². The molecule has 0 aliphatic carbocycles. The van der Waals surface area contributed by atoms with Crippen molar-refractivity contribution in [2.24, 2.45) is 0 Å². The van der Waals surface area contributed by atoms with Gasteiger partial charge < -0.3 is 10.0 Å². The van der Waals surface area contributed by atoms with E-state index < -0.39 is 11.9 Å². The summed E-state index contributed by atoms with van der Waals surface area (Å²) in [5, 5.41) is 9.33. The molecule has 20 heavy (non-hydrogen) atoms. The Morgan fingerprint density at radius 2 is 1.75 bits per heavy atom. The van der Waals surface area contributed by atoms with Crippen LogP contribution >= 0.6 is 11.6 Å². The van der Waals surface area contributed by atoms with E-state index >= 15 is 0 Å². The van der Waals surface area contributed by atoms with Gasteiger partial charge in [0.1, 0.15) is 0 Å². The van der Waals surface area contributed by atoms with Crippen molar-refractivity contribution < 1.29 is 14.7 Å². The fourth-order valence-electron chi connectivity index (χ4n) is 1.90. The maximum Gasteiger partial charge on any atom is 0.394 e. The van der Waals surface area contributed by atoms with Crippen molar-refractivity contribution >= 4 is 29.2 Å². The van der Waals surface area contributed by atoms with E-state index in [1.807, 2.05) is 30.3 Å². The molecule has 0 fully saturated rings. The van der Waals surface area contributed by atoms with Crippen LogP contribution in [0.2, 0.25) is 5.02 Å². The van der Waals surface area contributed by atoms with E-state index in [1.54, 1.807) is 18.2 Å². The number of hydrogen-bond donors (Lipinski definition) is 1. The Morgan fingerprint density at radius 3 is 2.35 bits per heavy atom. The molecular formula is C15H12ClNO3. The summed E-state index contributed by atoms with van der Waals surface area (Å²) in [6, 6.07) is 14.3. The lowest BCUT2D eigenvalue weighted by atomic mass is 10.0. The predicted octanol–water partition coefficient (Wildman–Crippen LogP) is 3.05. The van der Waals surface area contributed by atoms with Crippen molar-refractivity contribution in [2.45, 2.75) is 0 Å². The number of carbonyl (C=O) groups excluding carboxylic acids is 1. The van der Waals surface area contributed by atoms with Gasteiger partial charge in [-0.1, -0.05) is 41.9 Å². The molecule has 0 bridgehead atoms. The zero-order valence-corrected chi connectivity index (χ0v) is 11.5. The molecule has 0 aliphatic heterocycles. The summed E-state index contributed by atoms with van der Waals surface area (Å²) in [5.41, 5.74) is 2.05. The van der Waals surface area contributed by atoms with Crippen LogP contribution in [0.5, 0.6) is 0 Å². The second kappa shape index (κ2) is 5.75. The maximum atomic E-state index is 11.6. The molecule has 0 saturated carbocycles. The number of likely N-dealkylation sites (N-methyl/N-ethyl adjacent to an activating group) is 1. The summed E-state index contributed by atoms with van der Waals surface area (Å²) in [7, 11) is 1.42. The molecule has 0 aliphatic rings. The van der Waals surface area contributed by atoms with Gasteiger partial charge in [0.05, 0.1) is 5.69 Å². The molecule has 0 unspecified atom stereocenters. The van der Waals surface area contributed by atoms with Gasteiger partial charge in [-0.25, -0.2) is 4.79 Å². The third kappa shape index (κ3) is 2.81. The first-order chi connectivity index (χ1) is 9.50. The zero-order chi connectivity index (χ0) is 14.7. The molecule has 0 saturated heterocycles. The number of benzene rings is 2. The normalized spacial score (nSPS) is 10.1. The monoisotopic (exact) mass is 289 g/mol. The van der Waals surface area contributed by atoms with Crippen LogP contribution in [0.1, 0.15) is 0 Å². The zero-order valence-electron chi connectivity index (χ0n) is 10.7. The molecule has 0 atom stereocenters. The van der Waals surface area contributed by atoms with Crippen molar-refractivity contribution in [1.82, 2.24) is 0 Å². The Bertz CT molecular complexity index is 655. The number of halogens is 1. The number of aliphatic carboxylic acids is 1. The van der Waals surface area contributed by atoms with Gasteiger partial charge in [0.15, 0.2) is 0 Å². The molecule has 5 heteroatoms. The number of nitrogens with zero attached hydrogens (tertiary/aromatic N) is 1. The van der Waals surface area contributed by atoms with Crippen LogP contribution < -0.4 is 4.90 Å². The third-order valence-corrected chi connectivity index (χ3v) is 3.13. The molecule has 2 rings (SSSR count). The van der Waals surface area contributed by atoms with Gasteiger partial charge in [-0.3, -0.25) is 4.79 Å². The first-order valence-corrected chi connectivity index (χ1v) is 6.24. The highest BCUT2D eigenvalue weighted by atomic mass is 35.5. The van der Waals surface area contributed by atoms with E-state index in [4.69, 9.17) is 16.7 Å². The second-order valence-corrected chi connectivity index (χ2v) is 4.63. The Labute approximate surface area is 121 Å². The Kier molecular flexibility index (Phi) is 4.05. The highest BCUT2D eigenvalue weighted by Gasteiger charge is 2.21. The maximum absolute atomic E-state index is 11.6. The lowest BCUT2D eigenvalue weighted by Crippen LogP contribution is -2.33. The van der Waals surface area contributed by atoms with Crippen LogP contribution in [0.3, 0.4) is 0 Å². The molecule has 1 amide bonds. The SMILES string of the molecule is CN(C(=O)C(=O)O)c1ccc(Cl)cc1-c1ccccc1. The van der Waals surface area contributed by atoms with Crippen LogP contribution in [-0.4, -0.2) is 24.0 Å². The second-order valence-electron chi connectivity index (χ2n) is 4.20. The summed E-state index contributed by atoms with van der Waals surface area (Å²) in [6.45, 7) is 0. The van der Waals surface area contributed by atoms with Gasteiger partial charge in [0, 0.05) is 17.6 Å². The highest BCUT2D eigenvalue weighted by molar-refractivity contribution is 6.37. The minimum atomic E-state index is -1.50. The summed E-state index contributed by atoms with van der Waals surface area (Å²) in [4.78, 5) is 23.5. The van der Waals surface area contributed by atoms with Crippen LogP contribution in [0, 0.1) is 0 Å². The van der Waals surface area contributed by atoms with Crippen molar-refractivity contribution in [2.75, 3.05) is 11.9 Å². The van der Waals surface area contributed by atoms with Gasteiger partial charge in [-0.05, 0) is 23.8 Å². The van der Waals surface area contributed by atoms with Crippen molar-refractivity contribution in [3.63, 3.8) is 0 Å². The van der Waals surface area contributed by atoms with Crippen molar-refractivity contribution in [3.05, 3.63) is 53.6 Å². The van der Waals surface area contributed by atoms with Crippen LogP contribution in [0.4, 0.5) is 5.69 Å². The molecule has 1 N–H and O–H groups in total. The number of anilines is 1. The first kappa shape index (κ1) is 14.1. The average Bonchev–Trinajstić information content (AvgIpc) is 2.46. The Balaban J connectivity index is 2.54. The summed E-state index contributed by atoms with van der Waals surface area (Å²) in [6.07, 6.45) is 0. The number of rotatable bonds is 2. The van der Waals surface area contributed by atoms with E-state index in [2.05, 4.69) is 0 Å². The molecule has 102 valence electrons. The fourth-order valence-corrected chi connectivity index (χ4v) is 2.07. The standard InChI is InChI=1S/C15H12ClNO3/c1-17(14(18)15(19)20)13-8-7-11(16)9-12(13)10-5-3-2-4-6-10/h2-9H,1H3,(H,19,20). The number of carboxylic acid groups (broad SMARTS) is 1. The highest BCUT2D eigenvalue weighted by Crippen LogP contribution is 2.32. The molecule has 0 spiro atoms. The molecule has 0 radical (unpaired) electrons. The summed E-state index contributed by atoms with van der Waals surface area (Å²) in [5.74, 6) is -2.49. The largest absolute Gasteiger partial charge is 0.474 e. The Morgan fingerprint density at radius 1 is 1.10 bits per heavy atom. The smallest absolute Gasteiger partial charge is 0.394 e. The van der Waals surface area contributed by atoms with Crippen LogP contribution in [0.15, 0.2) is 48.5 Å².